The third-order valence-electron chi connectivity index (χ3n) is 3.65. The van der Waals surface area contributed by atoms with Gasteiger partial charge in [-0.2, -0.15) is 0 Å². The molecule has 1 unspecified atom stereocenters. The molecule has 0 amide bonds. The van der Waals surface area contributed by atoms with E-state index in [9.17, 15) is 0 Å². The highest BCUT2D eigenvalue weighted by molar-refractivity contribution is 6.34. The first-order valence-electron chi connectivity index (χ1n) is 6.56. The van der Waals surface area contributed by atoms with Gasteiger partial charge in [0.15, 0.2) is 5.58 Å². The quantitative estimate of drug-likeness (QED) is 0.841. The highest BCUT2D eigenvalue weighted by Crippen LogP contribution is 2.33. The van der Waals surface area contributed by atoms with Crippen LogP contribution in [0.1, 0.15) is 38.5 Å². The molecule has 0 aliphatic carbocycles. The average molecular weight is 266 g/mol. The molecule has 1 aromatic heterocycles. The van der Waals surface area contributed by atoms with Crippen molar-refractivity contribution in [3.63, 3.8) is 0 Å². The lowest BCUT2D eigenvalue weighted by atomic mass is 9.92. The Morgan fingerprint density at radius 1 is 1.28 bits per heavy atom. The molecule has 1 aromatic carbocycles. The topological polar surface area (TPSA) is 25.2 Å². The second kappa shape index (κ2) is 5.77. The standard InChI is InChI=1S/C15H20ClNO/c1-4-10(5-2)14(17-3)13-9-11-7-6-8-12(16)15(11)18-13/h6-10,14,17H,4-5H2,1-3H3. The summed E-state index contributed by atoms with van der Waals surface area (Å²) in [7, 11) is 1.98. The monoisotopic (exact) mass is 265 g/mol. The van der Waals surface area contributed by atoms with E-state index in [0.717, 1.165) is 29.6 Å². The fourth-order valence-corrected chi connectivity index (χ4v) is 2.79. The van der Waals surface area contributed by atoms with Gasteiger partial charge in [0.1, 0.15) is 5.76 Å². The number of hydrogen-bond donors (Lipinski definition) is 1. The van der Waals surface area contributed by atoms with E-state index < -0.39 is 0 Å². The van der Waals surface area contributed by atoms with Gasteiger partial charge >= 0.3 is 0 Å². The van der Waals surface area contributed by atoms with Crippen LogP contribution in [-0.2, 0) is 0 Å². The molecule has 0 bridgehead atoms. The lowest BCUT2D eigenvalue weighted by molar-refractivity contribution is 0.315. The highest BCUT2D eigenvalue weighted by Gasteiger charge is 2.22. The summed E-state index contributed by atoms with van der Waals surface area (Å²) in [4.78, 5) is 0. The maximum absolute atomic E-state index is 6.15. The summed E-state index contributed by atoms with van der Waals surface area (Å²) in [6, 6.07) is 8.20. The lowest BCUT2D eigenvalue weighted by Gasteiger charge is -2.22. The van der Waals surface area contributed by atoms with E-state index in [2.05, 4.69) is 25.2 Å². The molecule has 0 fully saturated rings. The fraction of sp³-hybridized carbons (Fsp3) is 0.467. The number of benzene rings is 1. The molecule has 98 valence electrons. The largest absolute Gasteiger partial charge is 0.458 e. The number of hydrogen-bond acceptors (Lipinski definition) is 2. The van der Waals surface area contributed by atoms with E-state index in [1.807, 2.05) is 25.2 Å². The molecule has 0 saturated heterocycles. The maximum Gasteiger partial charge on any atom is 0.152 e. The van der Waals surface area contributed by atoms with Gasteiger partial charge in [0.2, 0.25) is 0 Å². The first-order valence-corrected chi connectivity index (χ1v) is 6.94. The van der Waals surface area contributed by atoms with Gasteiger partial charge in [-0.1, -0.05) is 50.4 Å². The number of halogens is 1. The average Bonchev–Trinajstić information content (AvgIpc) is 2.80. The van der Waals surface area contributed by atoms with Crippen LogP contribution in [0.3, 0.4) is 0 Å². The zero-order valence-corrected chi connectivity index (χ0v) is 11.9. The SMILES string of the molecule is CCC(CC)C(NC)c1cc2cccc(Cl)c2o1. The molecule has 1 heterocycles. The molecular formula is C15H20ClNO. The smallest absolute Gasteiger partial charge is 0.152 e. The van der Waals surface area contributed by atoms with Crippen molar-refractivity contribution in [2.24, 2.45) is 5.92 Å². The van der Waals surface area contributed by atoms with Gasteiger partial charge in [-0.05, 0) is 25.1 Å². The van der Waals surface area contributed by atoms with E-state index in [1.165, 1.54) is 0 Å². The van der Waals surface area contributed by atoms with Crippen LogP contribution >= 0.6 is 11.6 Å². The van der Waals surface area contributed by atoms with Gasteiger partial charge in [0.25, 0.3) is 0 Å². The second-order valence-corrected chi connectivity index (χ2v) is 5.06. The Bertz CT molecular complexity index is 516. The minimum Gasteiger partial charge on any atom is -0.458 e. The third kappa shape index (κ3) is 2.40. The summed E-state index contributed by atoms with van der Waals surface area (Å²) in [6.07, 6.45) is 2.26. The predicted octanol–water partition coefficient (Wildman–Crippen LogP) is 4.78. The van der Waals surface area contributed by atoms with E-state index >= 15 is 0 Å². The molecule has 0 saturated carbocycles. The van der Waals surface area contributed by atoms with Crippen molar-refractivity contribution in [3.05, 3.63) is 35.0 Å². The van der Waals surface area contributed by atoms with Crippen LogP contribution in [0.4, 0.5) is 0 Å². The summed E-state index contributed by atoms with van der Waals surface area (Å²) in [5.41, 5.74) is 0.792. The van der Waals surface area contributed by atoms with E-state index in [1.54, 1.807) is 0 Å². The van der Waals surface area contributed by atoms with Gasteiger partial charge in [-0.15, -0.1) is 0 Å². The number of fused-ring (bicyclic) bond motifs is 1. The molecule has 1 atom stereocenters. The van der Waals surface area contributed by atoms with Crippen molar-refractivity contribution in [3.8, 4) is 0 Å². The molecule has 2 aromatic rings. The van der Waals surface area contributed by atoms with Crippen LogP contribution in [0.5, 0.6) is 0 Å². The molecular weight excluding hydrogens is 246 g/mol. The normalized spacial score (nSPS) is 13.4. The van der Waals surface area contributed by atoms with E-state index in [0.29, 0.717) is 10.9 Å². The Kier molecular flexibility index (Phi) is 4.31. The summed E-state index contributed by atoms with van der Waals surface area (Å²) in [5, 5.41) is 5.12. The molecule has 0 radical (unpaired) electrons. The van der Waals surface area contributed by atoms with Crippen LogP contribution in [0.2, 0.25) is 5.02 Å². The van der Waals surface area contributed by atoms with Gasteiger partial charge < -0.3 is 9.73 Å². The minimum atomic E-state index is 0.253. The summed E-state index contributed by atoms with van der Waals surface area (Å²) < 4.78 is 5.94. The van der Waals surface area contributed by atoms with Crippen LogP contribution in [0.25, 0.3) is 11.0 Å². The van der Waals surface area contributed by atoms with Crippen molar-refractivity contribution >= 4 is 22.6 Å². The third-order valence-corrected chi connectivity index (χ3v) is 3.95. The van der Waals surface area contributed by atoms with Crippen LogP contribution in [0.15, 0.2) is 28.7 Å². The van der Waals surface area contributed by atoms with Crippen molar-refractivity contribution < 1.29 is 4.42 Å². The molecule has 0 spiro atoms. The Hall–Kier alpha value is -0.990. The zero-order chi connectivity index (χ0) is 13.1. The molecule has 2 nitrogen and oxygen atoms in total. The van der Waals surface area contributed by atoms with Gasteiger partial charge in [-0.25, -0.2) is 0 Å². The van der Waals surface area contributed by atoms with E-state index in [4.69, 9.17) is 16.0 Å². The van der Waals surface area contributed by atoms with Gasteiger partial charge in [0, 0.05) is 5.39 Å². The van der Waals surface area contributed by atoms with Gasteiger partial charge in [-0.3, -0.25) is 0 Å². The second-order valence-electron chi connectivity index (χ2n) is 4.65. The molecule has 2 rings (SSSR count). The Morgan fingerprint density at radius 3 is 2.56 bits per heavy atom. The van der Waals surface area contributed by atoms with Crippen molar-refractivity contribution in [1.82, 2.24) is 5.32 Å². The van der Waals surface area contributed by atoms with Crippen molar-refractivity contribution in [2.75, 3.05) is 7.05 Å². The number of para-hydroxylation sites is 1. The maximum atomic E-state index is 6.15. The fourth-order valence-electron chi connectivity index (χ4n) is 2.57. The van der Waals surface area contributed by atoms with Crippen LogP contribution < -0.4 is 5.32 Å². The van der Waals surface area contributed by atoms with Gasteiger partial charge in [0.05, 0.1) is 11.1 Å². The highest BCUT2D eigenvalue weighted by atomic mass is 35.5. The molecule has 0 aliphatic heterocycles. The molecule has 18 heavy (non-hydrogen) atoms. The number of furan rings is 1. The first kappa shape index (κ1) is 13.4. The van der Waals surface area contributed by atoms with E-state index in [-0.39, 0.29) is 6.04 Å². The summed E-state index contributed by atoms with van der Waals surface area (Å²) in [6.45, 7) is 4.43. The Morgan fingerprint density at radius 2 is 2.00 bits per heavy atom. The minimum absolute atomic E-state index is 0.253. The summed E-state index contributed by atoms with van der Waals surface area (Å²) >= 11 is 6.15. The predicted molar refractivity (Wildman–Crippen MR) is 77.1 cm³/mol. The van der Waals surface area contributed by atoms with Crippen LogP contribution in [0, 0.1) is 5.92 Å². The van der Waals surface area contributed by atoms with Crippen molar-refractivity contribution in [2.45, 2.75) is 32.7 Å². The van der Waals surface area contributed by atoms with Crippen molar-refractivity contribution in [1.29, 1.82) is 0 Å². The molecule has 0 aliphatic rings. The lowest BCUT2D eigenvalue weighted by Crippen LogP contribution is -2.24. The Labute approximate surface area is 113 Å². The number of nitrogens with one attached hydrogen (secondary N) is 1. The Balaban J connectivity index is 2.42. The number of rotatable bonds is 5. The van der Waals surface area contributed by atoms with Crippen LogP contribution in [-0.4, -0.2) is 7.05 Å². The molecule has 3 heteroatoms. The molecule has 1 N–H and O–H groups in total. The zero-order valence-electron chi connectivity index (χ0n) is 11.2. The summed E-state index contributed by atoms with van der Waals surface area (Å²) in [5.74, 6) is 1.56. The first-order chi connectivity index (χ1) is 8.71.